The Balaban J connectivity index is 1.42. The lowest BCUT2D eigenvalue weighted by atomic mass is 9.97. The van der Waals surface area contributed by atoms with Crippen LogP contribution in [0, 0.1) is 0 Å². The van der Waals surface area contributed by atoms with E-state index in [2.05, 4.69) is 29.2 Å². The molecular weight excluding hydrogens is 400 g/mol. The Hall–Kier alpha value is -3.64. The highest BCUT2D eigenvalue weighted by Gasteiger charge is 2.36. The van der Waals surface area contributed by atoms with Gasteiger partial charge in [-0.2, -0.15) is 0 Å². The number of hydrogen-bond acceptors (Lipinski definition) is 6. The Labute approximate surface area is 185 Å². The molecule has 0 amide bonds. The number of aromatic hydroxyl groups is 2. The number of rotatable bonds is 2. The predicted octanol–water partition coefficient (Wildman–Crippen LogP) is 3.23. The number of likely N-dealkylation sites (tertiary alicyclic amines) is 1. The third kappa shape index (κ3) is 2.83. The topological polar surface area (TPSA) is 94.4 Å². The standard InChI is InChI=1S/C26H24N4O2/c27-19-8-4-7-17-21(19)25(32)22-18(24(17)31)9-10-20-23(22)29-26(28-20)11-13-30(14-12-26)15-16-5-2-1-3-6-16/h1-10,31-32H,11-15,27H2. The molecule has 4 aromatic rings. The lowest BCUT2D eigenvalue weighted by Gasteiger charge is -2.35. The van der Waals surface area contributed by atoms with E-state index in [0.29, 0.717) is 32.6 Å². The molecule has 0 saturated carbocycles. The summed E-state index contributed by atoms with van der Waals surface area (Å²) in [6, 6.07) is 19.5. The first-order valence-electron chi connectivity index (χ1n) is 11.0. The van der Waals surface area contributed by atoms with Gasteiger partial charge in [-0.15, -0.1) is 0 Å². The second-order valence-electron chi connectivity index (χ2n) is 8.79. The van der Waals surface area contributed by atoms with Gasteiger partial charge in [-0.05, 0) is 23.8 Å². The van der Waals surface area contributed by atoms with Gasteiger partial charge >= 0.3 is 0 Å². The van der Waals surface area contributed by atoms with Crippen LogP contribution in [0.3, 0.4) is 0 Å². The molecule has 0 aliphatic carbocycles. The van der Waals surface area contributed by atoms with Gasteiger partial charge < -0.3 is 15.9 Å². The molecule has 1 fully saturated rings. The minimum absolute atomic E-state index is 0.0558. The Morgan fingerprint density at radius 1 is 0.812 bits per heavy atom. The number of phenols is 2. The number of anilines is 1. The van der Waals surface area contributed by atoms with Crippen molar-refractivity contribution >= 4 is 27.2 Å². The van der Waals surface area contributed by atoms with Gasteiger partial charge in [0.25, 0.3) is 0 Å². The van der Waals surface area contributed by atoms with Crippen molar-refractivity contribution < 1.29 is 10.2 Å². The van der Waals surface area contributed by atoms with E-state index in [1.54, 1.807) is 18.2 Å². The van der Waals surface area contributed by atoms with Crippen molar-refractivity contribution in [2.24, 2.45) is 9.98 Å². The molecule has 0 atom stereocenters. The molecule has 4 aromatic carbocycles. The lowest BCUT2D eigenvalue weighted by Crippen LogP contribution is -2.41. The number of phenolic OH excluding ortho intramolecular Hbond substituents is 2. The van der Waals surface area contributed by atoms with Gasteiger partial charge in [-0.3, -0.25) is 14.9 Å². The van der Waals surface area contributed by atoms with Crippen LogP contribution < -0.4 is 16.4 Å². The van der Waals surface area contributed by atoms with Crippen LogP contribution in [0.2, 0.25) is 0 Å². The van der Waals surface area contributed by atoms with Crippen molar-refractivity contribution in [2.45, 2.75) is 25.0 Å². The highest BCUT2D eigenvalue weighted by Crippen LogP contribution is 2.42. The van der Waals surface area contributed by atoms with Crippen molar-refractivity contribution in [2.75, 3.05) is 18.8 Å². The fourth-order valence-corrected chi connectivity index (χ4v) is 5.11. The molecule has 0 radical (unpaired) electrons. The maximum Gasteiger partial charge on any atom is 0.154 e. The molecule has 0 bridgehead atoms. The molecule has 4 N–H and O–H groups in total. The number of fused-ring (bicyclic) bond motifs is 4. The summed E-state index contributed by atoms with van der Waals surface area (Å²) in [5, 5.41) is 25.6. The minimum atomic E-state index is -0.511. The SMILES string of the molecule is Nc1cccc2c(O)c3ccc4c(c3c(O)c12)=NC1(CCN(Cc2ccccc2)CC1)N=4. The zero-order chi connectivity index (χ0) is 21.9. The van der Waals surface area contributed by atoms with E-state index < -0.39 is 5.66 Å². The third-order valence-electron chi connectivity index (χ3n) is 6.79. The molecular formula is C26H24N4O2. The smallest absolute Gasteiger partial charge is 0.154 e. The highest BCUT2D eigenvalue weighted by molar-refractivity contribution is 6.14. The van der Waals surface area contributed by atoms with E-state index in [1.807, 2.05) is 18.2 Å². The van der Waals surface area contributed by atoms with Crippen molar-refractivity contribution in [1.29, 1.82) is 0 Å². The van der Waals surface area contributed by atoms with Crippen molar-refractivity contribution in [3.8, 4) is 11.5 Å². The molecule has 0 aromatic heterocycles. The molecule has 6 rings (SSSR count). The van der Waals surface area contributed by atoms with Crippen LogP contribution in [-0.4, -0.2) is 33.9 Å². The summed E-state index contributed by atoms with van der Waals surface area (Å²) in [7, 11) is 0. The zero-order valence-corrected chi connectivity index (χ0v) is 17.6. The maximum atomic E-state index is 11.2. The van der Waals surface area contributed by atoms with Gasteiger partial charge in [0.05, 0.1) is 21.5 Å². The first kappa shape index (κ1) is 19.1. The van der Waals surface area contributed by atoms with Crippen LogP contribution in [-0.2, 0) is 6.54 Å². The summed E-state index contributed by atoms with van der Waals surface area (Å²) < 4.78 is 0. The third-order valence-corrected chi connectivity index (χ3v) is 6.79. The molecule has 32 heavy (non-hydrogen) atoms. The van der Waals surface area contributed by atoms with E-state index in [0.717, 1.165) is 37.8 Å². The molecule has 0 unspecified atom stereocenters. The first-order valence-corrected chi connectivity index (χ1v) is 11.0. The average molecular weight is 425 g/mol. The molecule has 6 nitrogen and oxygen atoms in total. The summed E-state index contributed by atoms with van der Waals surface area (Å²) in [6.45, 7) is 2.73. The van der Waals surface area contributed by atoms with Crippen LogP contribution in [0.1, 0.15) is 18.4 Å². The average Bonchev–Trinajstić information content (AvgIpc) is 3.17. The fraction of sp³-hybridized carbons (Fsp3) is 0.231. The number of hydrogen-bond donors (Lipinski definition) is 3. The fourth-order valence-electron chi connectivity index (χ4n) is 5.11. The van der Waals surface area contributed by atoms with Gasteiger partial charge in [-0.1, -0.05) is 42.5 Å². The van der Waals surface area contributed by atoms with Crippen LogP contribution in [0.4, 0.5) is 5.69 Å². The molecule has 6 heteroatoms. The van der Waals surface area contributed by atoms with Gasteiger partial charge in [0.1, 0.15) is 11.5 Å². The predicted molar refractivity (Wildman–Crippen MR) is 125 cm³/mol. The summed E-state index contributed by atoms with van der Waals surface area (Å²) in [5.74, 6) is 0.164. The highest BCUT2D eigenvalue weighted by atomic mass is 16.3. The molecule has 2 heterocycles. The Kier molecular flexibility index (Phi) is 4.13. The molecule has 2 aliphatic heterocycles. The summed E-state index contributed by atoms with van der Waals surface area (Å²) in [4.78, 5) is 12.5. The minimum Gasteiger partial charge on any atom is -0.507 e. The number of benzene rings is 4. The zero-order valence-electron chi connectivity index (χ0n) is 17.6. The van der Waals surface area contributed by atoms with Crippen LogP contribution >= 0.6 is 0 Å². The van der Waals surface area contributed by atoms with Crippen molar-refractivity contribution in [1.82, 2.24) is 4.90 Å². The number of nitrogen functional groups attached to an aromatic ring is 1. The van der Waals surface area contributed by atoms with Crippen LogP contribution in [0.5, 0.6) is 11.5 Å². The van der Waals surface area contributed by atoms with Crippen LogP contribution in [0.15, 0.2) is 70.6 Å². The second kappa shape index (κ2) is 6.93. The van der Waals surface area contributed by atoms with Crippen molar-refractivity contribution in [3.63, 3.8) is 0 Å². The van der Waals surface area contributed by atoms with Crippen LogP contribution in [0.25, 0.3) is 21.5 Å². The van der Waals surface area contributed by atoms with Gasteiger partial charge in [0, 0.05) is 48.9 Å². The lowest BCUT2D eigenvalue weighted by molar-refractivity contribution is 0.160. The number of nitrogens with zero attached hydrogens (tertiary/aromatic N) is 3. The van der Waals surface area contributed by atoms with Crippen molar-refractivity contribution in [3.05, 3.63) is 76.9 Å². The number of nitrogens with two attached hydrogens (primary N) is 1. The Morgan fingerprint density at radius 3 is 2.34 bits per heavy atom. The Bertz CT molecular complexity index is 1490. The molecule has 160 valence electrons. The monoisotopic (exact) mass is 424 g/mol. The largest absolute Gasteiger partial charge is 0.507 e. The first-order chi connectivity index (χ1) is 15.5. The van der Waals surface area contributed by atoms with E-state index >= 15 is 0 Å². The second-order valence-corrected chi connectivity index (χ2v) is 8.79. The van der Waals surface area contributed by atoms with E-state index in [4.69, 9.17) is 15.7 Å². The van der Waals surface area contributed by atoms with Gasteiger partial charge in [-0.25, -0.2) is 0 Å². The Morgan fingerprint density at radius 2 is 1.56 bits per heavy atom. The molecule has 1 saturated heterocycles. The molecule has 1 spiro atoms. The number of piperidine rings is 1. The van der Waals surface area contributed by atoms with Gasteiger partial charge in [0.2, 0.25) is 0 Å². The van der Waals surface area contributed by atoms with E-state index in [1.165, 1.54) is 5.56 Å². The normalized spacial score (nSPS) is 17.4. The summed E-state index contributed by atoms with van der Waals surface area (Å²) in [6.07, 6.45) is 1.64. The van der Waals surface area contributed by atoms with E-state index in [-0.39, 0.29) is 11.5 Å². The summed E-state index contributed by atoms with van der Waals surface area (Å²) >= 11 is 0. The quantitative estimate of drug-likeness (QED) is 0.262. The molecule has 2 aliphatic rings. The maximum absolute atomic E-state index is 11.2. The van der Waals surface area contributed by atoms with E-state index in [9.17, 15) is 10.2 Å². The summed E-state index contributed by atoms with van der Waals surface area (Å²) in [5.41, 5.74) is 7.37. The van der Waals surface area contributed by atoms with Gasteiger partial charge in [0.15, 0.2) is 5.66 Å².